The number of rotatable bonds is 6. The van der Waals surface area contributed by atoms with E-state index in [2.05, 4.69) is 15.4 Å². The van der Waals surface area contributed by atoms with Gasteiger partial charge in [0.2, 0.25) is 5.92 Å². The van der Waals surface area contributed by atoms with Crippen molar-refractivity contribution in [1.82, 2.24) is 14.8 Å². The van der Waals surface area contributed by atoms with Gasteiger partial charge in [0.05, 0.1) is 5.69 Å². The Kier molecular flexibility index (Phi) is 4.90. The largest absolute Gasteiger partial charge is 0.420 e. The minimum atomic E-state index is -4.91. The zero-order chi connectivity index (χ0) is 24.7. The van der Waals surface area contributed by atoms with Crippen LogP contribution in [0.25, 0.3) is 0 Å². The first-order valence-corrected chi connectivity index (χ1v) is 12.1. The zero-order valence-corrected chi connectivity index (χ0v) is 18.4. The third kappa shape index (κ3) is 4.17. The molecule has 184 valence electrons. The molecule has 0 spiro atoms. The van der Waals surface area contributed by atoms with Gasteiger partial charge in [-0.1, -0.05) is 0 Å². The lowest BCUT2D eigenvalue weighted by Gasteiger charge is -2.18. The maximum Gasteiger partial charge on any atom is 0.420 e. The molecule has 0 radical (unpaired) electrons. The van der Waals surface area contributed by atoms with Crippen molar-refractivity contribution in [2.75, 3.05) is 5.32 Å². The lowest BCUT2D eigenvalue weighted by Crippen LogP contribution is -2.26. The molecule has 3 N–H and O–H groups in total. The van der Waals surface area contributed by atoms with Gasteiger partial charge in [-0.15, -0.1) is 0 Å². The molecule has 34 heavy (non-hydrogen) atoms. The van der Waals surface area contributed by atoms with Gasteiger partial charge in [0.1, 0.15) is 11.3 Å². The van der Waals surface area contributed by atoms with Crippen molar-refractivity contribution >= 4 is 21.6 Å². The van der Waals surface area contributed by atoms with Crippen molar-refractivity contribution in [2.24, 2.45) is 16.5 Å². The van der Waals surface area contributed by atoms with E-state index in [0.717, 1.165) is 16.9 Å². The van der Waals surface area contributed by atoms with Crippen LogP contribution in [0.2, 0.25) is 0 Å². The van der Waals surface area contributed by atoms with Gasteiger partial charge in [-0.3, -0.25) is 9.48 Å². The number of primary sulfonamides is 1. The number of hydrogen-bond donors (Lipinski definition) is 2. The first kappa shape index (κ1) is 23.1. The molecule has 0 saturated heterocycles. The molecule has 2 aromatic rings. The van der Waals surface area contributed by atoms with Crippen LogP contribution in [0.1, 0.15) is 59.8 Å². The second kappa shape index (κ2) is 7.20. The monoisotopic (exact) mass is 505 g/mol. The minimum Gasteiger partial charge on any atom is -0.320 e. The maximum atomic E-state index is 14.1. The topological polar surface area (TPSA) is 120 Å². The van der Waals surface area contributed by atoms with Crippen LogP contribution in [0.3, 0.4) is 0 Å². The summed E-state index contributed by atoms with van der Waals surface area (Å²) in [5.74, 6) is -4.88. The highest BCUT2D eigenvalue weighted by Gasteiger charge is 2.67. The Morgan fingerprint density at radius 3 is 2.53 bits per heavy atom. The lowest BCUT2D eigenvalue weighted by atomic mass is 10.0. The molecule has 3 aliphatic carbocycles. The van der Waals surface area contributed by atoms with Gasteiger partial charge in [-0.2, -0.15) is 18.3 Å². The van der Waals surface area contributed by atoms with Crippen LogP contribution in [0.15, 0.2) is 23.4 Å². The number of anilines is 1. The fraction of sp³-hybridized carbons (Fsp3) is 0.550. The number of nitrogens with zero attached hydrogens (tertiary/aromatic N) is 3. The zero-order valence-electron chi connectivity index (χ0n) is 17.6. The van der Waals surface area contributed by atoms with Crippen LogP contribution in [0, 0.1) is 11.3 Å². The summed E-state index contributed by atoms with van der Waals surface area (Å²) in [7, 11) is -4.22. The van der Waals surface area contributed by atoms with Crippen LogP contribution >= 0.6 is 0 Å². The predicted octanol–water partition coefficient (Wildman–Crippen LogP) is 3.51. The van der Waals surface area contributed by atoms with Crippen molar-refractivity contribution in [3.8, 4) is 0 Å². The number of alkyl halides is 5. The number of aromatic nitrogens is 3. The second-order valence-electron chi connectivity index (χ2n) is 9.42. The number of pyridine rings is 1. The highest BCUT2D eigenvalue weighted by atomic mass is 32.2. The Morgan fingerprint density at radius 1 is 1.26 bits per heavy atom. The van der Waals surface area contributed by atoms with E-state index in [1.807, 2.05) is 0 Å². The summed E-state index contributed by atoms with van der Waals surface area (Å²) in [5, 5.41) is 10.8. The van der Waals surface area contributed by atoms with E-state index in [-0.39, 0.29) is 30.3 Å². The molecule has 2 unspecified atom stereocenters. The molecule has 0 aromatic carbocycles. The minimum absolute atomic E-state index is 0.146. The average Bonchev–Trinajstić information content (AvgIpc) is 3.57. The number of nitrogens with two attached hydrogens (primary N) is 1. The number of hydrogen-bond acceptors (Lipinski definition) is 5. The standard InChI is InChI=1S/C20H20F5N5O3S/c21-19(22)7-11-6-18(11,8-19)9-30-16(14(20(23,24)25)15(29-30)10-1-2-10)17(31)28-12-3-4-27-13(5-12)34(26,32)33/h3-5,10-11H,1-2,6-9H2,(H2,26,32,33)(H,27,28,31). The number of carbonyl (C=O) groups excluding carboxylic acids is 1. The number of sulfonamides is 1. The van der Waals surface area contributed by atoms with E-state index < -0.39 is 62.1 Å². The molecule has 0 bridgehead atoms. The number of amides is 1. The number of fused-ring (bicyclic) bond motifs is 1. The van der Waals surface area contributed by atoms with Crippen molar-refractivity contribution in [3.05, 3.63) is 35.3 Å². The van der Waals surface area contributed by atoms with E-state index in [1.54, 1.807) is 0 Å². The summed E-state index contributed by atoms with van der Waals surface area (Å²) in [4.78, 5) is 16.7. The lowest BCUT2D eigenvalue weighted by molar-refractivity contribution is -0.138. The fourth-order valence-corrected chi connectivity index (χ4v) is 5.51. The van der Waals surface area contributed by atoms with Crippen LogP contribution in [0.4, 0.5) is 27.6 Å². The Morgan fingerprint density at radius 2 is 1.97 bits per heavy atom. The van der Waals surface area contributed by atoms with Gasteiger partial charge in [0, 0.05) is 43.3 Å². The smallest absolute Gasteiger partial charge is 0.320 e. The first-order chi connectivity index (χ1) is 15.7. The van der Waals surface area contributed by atoms with Gasteiger partial charge >= 0.3 is 6.18 Å². The van der Waals surface area contributed by atoms with Crippen LogP contribution in [-0.4, -0.2) is 35.0 Å². The van der Waals surface area contributed by atoms with Crippen LogP contribution in [0.5, 0.6) is 0 Å². The SMILES string of the molecule is NS(=O)(=O)c1cc(NC(=O)c2c(C(F)(F)F)c(C3CC3)nn2CC23CC2CC(F)(F)C3)ccn1. The molecule has 1 amide bonds. The number of halogens is 5. The summed E-state index contributed by atoms with van der Waals surface area (Å²) in [6.07, 6.45) is -3.28. The molecule has 8 nitrogen and oxygen atoms in total. The molecule has 3 saturated carbocycles. The second-order valence-corrected chi connectivity index (χ2v) is 10.9. The van der Waals surface area contributed by atoms with E-state index >= 15 is 0 Å². The summed E-state index contributed by atoms with van der Waals surface area (Å²) < 4.78 is 94.1. The number of nitrogens with one attached hydrogen (secondary N) is 1. The van der Waals surface area contributed by atoms with Gasteiger partial charge < -0.3 is 5.32 Å². The van der Waals surface area contributed by atoms with E-state index in [0.29, 0.717) is 19.3 Å². The van der Waals surface area contributed by atoms with Crippen LogP contribution < -0.4 is 10.5 Å². The normalized spacial score (nSPS) is 25.8. The highest BCUT2D eigenvalue weighted by Crippen LogP contribution is 2.68. The summed E-state index contributed by atoms with van der Waals surface area (Å²) >= 11 is 0. The third-order valence-electron chi connectivity index (χ3n) is 6.71. The molecule has 2 atom stereocenters. The summed E-state index contributed by atoms with van der Waals surface area (Å²) in [5.41, 5.74) is -3.28. The van der Waals surface area contributed by atoms with Crippen molar-refractivity contribution < 1.29 is 35.2 Å². The Balaban J connectivity index is 1.54. The molecular weight excluding hydrogens is 485 g/mol. The van der Waals surface area contributed by atoms with Gasteiger partial charge in [0.25, 0.3) is 15.9 Å². The van der Waals surface area contributed by atoms with Gasteiger partial charge in [0.15, 0.2) is 5.03 Å². The van der Waals surface area contributed by atoms with E-state index in [9.17, 15) is 35.2 Å². The molecule has 2 aromatic heterocycles. The summed E-state index contributed by atoms with van der Waals surface area (Å²) in [6.45, 7) is -0.232. The number of carbonyl (C=O) groups is 1. The maximum absolute atomic E-state index is 14.1. The Bertz CT molecular complexity index is 1290. The highest BCUT2D eigenvalue weighted by molar-refractivity contribution is 7.89. The van der Waals surface area contributed by atoms with Crippen molar-refractivity contribution in [2.45, 2.75) is 61.7 Å². The Labute approximate surface area is 190 Å². The molecular formula is C20H20F5N5O3S. The van der Waals surface area contributed by atoms with Gasteiger partial charge in [-0.25, -0.2) is 27.3 Å². The van der Waals surface area contributed by atoms with E-state index in [1.165, 1.54) is 6.07 Å². The molecule has 14 heteroatoms. The van der Waals surface area contributed by atoms with Gasteiger partial charge in [-0.05, 0) is 36.7 Å². The predicted molar refractivity (Wildman–Crippen MR) is 107 cm³/mol. The van der Waals surface area contributed by atoms with Crippen LogP contribution in [-0.2, 0) is 22.7 Å². The van der Waals surface area contributed by atoms with Crippen molar-refractivity contribution in [3.63, 3.8) is 0 Å². The quantitative estimate of drug-likeness (QED) is 0.583. The molecule has 0 aliphatic heterocycles. The molecule has 2 heterocycles. The Hall–Kier alpha value is -2.61. The molecule has 3 fully saturated rings. The van der Waals surface area contributed by atoms with E-state index in [4.69, 9.17) is 5.14 Å². The first-order valence-electron chi connectivity index (χ1n) is 10.5. The fourth-order valence-electron chi connectivity index (χ4n) is 5.01. The average molecular weight is 505 g/mol. The molecule has 3 aliphatic rings. The summed E-state index contributed by atoms with van der Waals surface area (Å²) in [6, 6.07) is 2.10. The molecule has 5 rings (SSSR count). The third-order valence-corrected chi connectivity index (χ3v) is 7.51. The van der Waals surface area contributed by atoms with Crippen molar-refractivity contribution in [1.29, 1.82) is 0 Å².